The van der Waals surface area contributed by atoms with Crippen LogP contribution in [0.4, 0.5) is 0 Å². The molecule has 3 rings (SSSR count). The molecule has 0 unspecified atom stereocenters. The molecule has 1 heterocycles. The molecule has 0 N–H and O–H groups in total. The van der Waals surface area contributed by atoms with Crippen molar-refractivity contribution in [2.45, 2.75) is 81.5 Å². The molecule has 128 valence electrons. The van der Waals surface area contributed by atoms with E-state index in [2.05, 4.69) is 13.8 Å². The monoisotopic (exact) mass is 338 g/mol. The lowest BCUT2D eigenvalue weighted by Gasteiger charge is -2.21. The molecule has 1 aromatic carbocycles. The summed E-state index contributed by atoms with van der Waals surface area (Å²) in [5, 5.41) is 0. The summed E-state index contributed by atoms with van der Waals surface area (Å²) in [6, 6.07) is 6.80. The molecular weight excluding hydrogens is 312 g/mol. The number of rotatable bonds is 7. The predicted molar refractivity (Wildman–Crippen MR) is 88.8 cm³/mol. The topological polar surface area (TPSA) is 55.9 Å². The van der Waals surface area contributed by atoms with Crippen LogP contribution in [0.25, 0.3) is 0 Å². The van der Waals surface area contributed by atoms with Crippen molar-refractivity contribution in [2.75, 3.05) is 0 Å². The third-order valence-corrected chi connectivity index (χ3v) is 6.70. The number of fused-ring (bicyclic) bond motifs is 1. The van der Waals surface area contributed by atoms with Gasteiger partial charge in [0.05, 0.1) is 10.5 Å². The zero-order valence-electron chi connectivity index (χ0n) is 14.2. The van der Waals surface area contributed by atoms with Gasteiger partial charge in [0.1, 0.15) is 11.7 Å². The van der Waals surface area contributed by atoms with E-state index in [1.165, 1.54) is 0 Å². The number of unbranched alkanes of at least 4 members (excludes halogenated alkanes) is 2. The quantitative estimate of drug-likeness (QED) is 0.429. The molecule has 1 saturated heterocycles. The van der Waals surface area contributed by atoms with Gasteiger partial charge in [0.15, 0.2) is 0 Å². The molecule has 0 radical (unpaired) electrons. The van der Waals surface area contributed by atoms with E-state index in [0.29, 0.717) is 0 Å². The van der Waals surface area contributed by atoms with Gasteiger partial charge in [-0.2, -0.15) is 8.42 Å². The van der Waals surface area contributed by atoms with Gasteiger partial charge in [0.25, 0.3) is 10.1 Å². The highest BCUT2D eigenvalue weighted by Gasteiger charge is 2.74. The summed E-state index contributed by atoms with van der Waals surface area (Å²) >= 11 is 0. The van der Waals surface area contributed by atoms with Gasteiger partial charge in [-0.05, 0) is 45.2 Å². The summed E-state index contributed by atoms with van der Waals surface area (Å²) in [6.07, 6.45) is 5.46. The van der Waals surface area contributed by atoms with Crippen molar-refractivity contribution in [3.63, 3.8) is 0 Å². The van der Waals surface area contributed by atoms with Crippen LogP contribution in [0.15, 0.2) is 29.2 Å². The van der Waals surface area contributed by atoms with Gasteiger partial charge in [-0.15, -0.1) is 0 Å². The lowest BCUT2D eigenvalue weighted by atomic mass is 9.91. The molecule has 0 spiro atoms. The molecule has 2 aliphatic rings. The maximum Gasteiger partial charge on any atom is 0.297 e. The Morgan fingerprint density at radius 2 is 1.96 bits per heavy atom. The highest BCUT2D eigenvalue weighted by Crippen LogP contribution is 2.63. The molecule has 23 heavy (non-hydrogen) atoms. The van der Waals surface area contributed by atoms with Gasteiger partial charge in [-0.3, -0.25) is 4.18 Å². The number of epoxide rings is 1. The number of hydrogen-bond acceptors (Lipinski definition) is 4. The lowest BCUT2D eigenvalue weighted by molar-refractivity contribution is 0.0796. The van der Waals surface area contributed by atoms with Crippen molar-refractivity contribution < 1.29 is 17.3 Å². The van der Waals surface area contributed by atoms with Crippen LogP contribution in [0.1, 0.15) is 57.9 Å². The highest BCUT2D eigenvalue weighted by atomic mass is 32.2. The third kappa shape index (κ3) is 2.94. The van der Waals surface area contributed by atoms with Crippen LogP contribution in [-0.4, -0.2) is 25.7 Å². The second-order valence-corrected chi connectivity index (χ2v) is 8.64. The Kier molecular flexibility index (Phi) is 4.32. The molecule has 3 atom stereocenters. The van der Waals surface area contributed by atoms with Gasteiger partial charge >= 0.3 is 0 Å². The Morgan fingerprint density at radius 3 is 2.57 bits per heavy atom. The summed E-state index contributed by atoms with van der Waals surface area (Å²) in [5.74, 6) is 0. The van der Waals surface area contributed by atoms with Crippen LogP contribution in [0.2, 0.25) is 0 Å². The Labute approximate surface area is 139 Å². The minimum atomic E-state index is -3.74. The van der Waals surface area contributed by atoms with E-state index >= 15 is 0 Å². The standard InChI is InChI=1S/C18H26O4S/c1-4-5-6-12-18-16(11-13-17(18,3)22-18)21-23(19,20)15-9-7-14(2)8-10-15/h7-10,16H,4-6,11-13H2,1-3H3/t16-,17+,18-/m1/s1. The van der Waals surface area contributed by atoms with Crippen LogP contribution < -0.4 is 0 Å². The summed E-state index contributed by atoms with van der Waals surface area (Å²) in [7, 11) is -3.74. The summed E-state index contributed by atoms with van der Waals surface area (Å²) in [4.78, 5) is 0.223. The molecule has 4 nitrogen and oxygen atoms in total. The molecule has 1 aromatic rings. The third-order valence-electron chi connectivity index (χ3n) is 5.37. The van der Waals surface area contributed by atoms with E-state index in [9.17, 15) is 8.42 Å². The molecule has 1 aliphatic heterocycles. The first-order valence-electron chi connectivity index (χ1n) is 8.53. The van der Waals surface area contributed by atoms with Crippen LogP contribution in [0.3, 0.4) is 0 Å². The molecule has 0 amide bonds. The van der Waals surface area contributed by atoms with Crippen LogP contribution in [-0.2, 0) is 19.0 Å². The van der Waals surface area contributed by atoms with Crippen molar-refractivity contribution >= 4 is 10.1 Å². The van der Waals surface area contributed by atoms with E-state index in [-0.39, 0.29) is 16.6 Å². The van der Waals surface area contributed by atoms with E-state index in [1.54, 1.807) is 24.3 Å². The van der Waals surface area contributed by atoms with Gasteiger partial charge < -0.3 is 4.74 Å². The number of ether oxygens (including phenoxy) is 1. The zero-order chi connectivity index (χ0) is 16.7. The van der Waals surface area contributed by atoms with E-state index in [1.807, 2.05) is 6.92 Å². The first-order valence-corrected chi connectivity index (χ1v) is 9.94. The SMILES string of the molecule is CCCCC[C@]12O[C@@]1(C)CC[C@H]2OS(=O)(=O)c1ccc(C)cc1. The lowest BCUT2D eigenvalue weighted by Crippen LogP contribution is -2.34. The molecule has 1 aliphatic carbocycles. The maximum absolute atomic E-state index is 12.6. The minimum Gasteiger partial charge on any atom is -0.360 e. The number of aryl methyl sites for hydroxylation is 1. The maximum atomic E-state index is 12.6. The largest absolute Gasteiger partial charge is 0.360 e. The van der Waals surface area contributed by atoms with Gasteiger partial charge in [0, 0.05) is 0 Å². The van der Waals surface area contributed by atoms with Gasteiger partial charge in [0.2, 0.25) is 0 Å². The minimum absolute atomic E-state index is 0.200. The van der Waals surface area contributed by atoms with Gasteiger partial charge in [-0.1, -0.05) is 43.9 Å². The average molecular weight is 338 g/mol. The molecule has 0 aromatic heterocycles. The second kappa shape index (κ2) is 5.87. The number of hydrogen-bond donors (Lipinski definition) is 0. The summed E-state index contributed by atoms with van der Waals surface area (Å²) < 4.78 is 36.7. The van der Waals surface area contributed by atoms with Crippen molar-refractivity contribution in [3.8, 4) is 0 Å². The Hall–Kier alpha value is -0.910. The fourth-order valence-electron chi connectivity index (χ4n) is 3.84. The first kappa shape index (κ1) is 16.9. The second-order valence-electron chi connectivity index (χ2n) is 7.07. The zero-order valence-corrected chi connectivity index (χ0v) is 15.0. The molecule has 5 heteroatoms. The average Bonchev–Trinajstić information content (AvgIpc) is 3.02. The van der Waals surface area contributed by atoms with Crippen molar-refractivity contribution in [1.29, 1.82) is 0 Å². The molecule has 0 bridgehead atoms. The Morgan fingerprint density at radius 1 is 1.26 bits per heavy atom. The highest BCUT2D eigenvalue weighted by molar-refractivity contribution is 7.86. The molecule has 2 fully saturated rings. The van der Waals surface area contributed by atoms with Crippen molar-refractivity contribution in [3.05, 3.63) is 29.8 Å². The smallest absolute Gasteiger partial charge is 0.297 e. The Bertz CT molecular complexity index is 667. The fraction of sp³-hybridized carbons (Fsp3) is 0.667. The molecule has 1 saturated carbocycles. The van der Waals surface area contributed by atoms with Crippen LogP contribution in [0, 0.1) is 6.92 Å². The van der Waals surface area contributed by atoms with Gasteiger partial charge in [-0.25, -0.2) is 0 Å². The van der Waals surface area contributed by atoms with E-state index < -0.39 is 15.7 Å². The normalized spacial score (nSPS) is 32.7. The van der Waals surface area contributed by atoms with Crippen LogP contribution >= 0.6 is 0 Å². The van der Waals surface area contributed by atoms with E-state index in [0.717, 1.165) is 44.1 Å². The predicted octanol–water partition coefficient (Wildman–Crippen LogP) is 3.97. The van der Waals surface area contributed by atoms with Crippen molar-refractivity contribution in [2.24, 2.45) is 0 Å². The summed E-state index contributed by atoms with van der Waals surface area (Å²) in [6.45, 7) is 6.18. The fourth-order valence-corrected chi connectivity index (χ4v) is 4.98. The Balaban J connectivity index is 1.75. The summed E-state index contributed by atoms with van der Waals surface area (Å²) in [5.41, 5.74) is 0.424. The van der Waals surface area contributed by atoms with E-state index in [4.69, 9.17) is 8.92 Å². The van der Waals surface area contributed by atoms with Crippen molar-refractivity contribution in [1.82, 2.24) is 0 Å². The first-order chi connectivity index (χ1) is 10.8. The van der Waals surface area contributed by atoms with Crippen LogP contribution in [0.5, 0.6) is 0 Å². The number of benzene rings is 1. The molecular formula is C18H26O4S.